The average molecular weight is 325 g/mol. The van der Waals surface area contributed by atoms with Crippen molar-refractivity contribution in [2.45, 2.75) is 19.2 Å². The Labute approximate surface area is 139 Å². The molecule has 1 atom stereocenters. The molecule has 0 spiro atoms. The lowest BCUT2D eigenvalue weighted by molar-refractivity contribution is 0.0561. The van der Waals surface area contributed by atoms with E-state index in [0.29, 0.717) is 19.1 Å². The molecular weight excluding hydrogens is 306 g/mol. The molecule has 1 unspecified atom stereocenters. The zero-order valence-corrected chi connectivity index (χ0v) is 13.5. The van der Waals surface area contributed by atoms with Gasteiger partial charge in [-0.2, -0.15) is 0 Å². The fourth-order valence-electron chi connectivity index (χ4n) is 2.99. The molecule has 1 aliphatic heterocycles. The van der Waals surface area contributed by atoms with Crippen molar-refractivity contribution in [3.05, 3.63) is 48.0 Å². The maximum Gasteiger partial charge on any atom is 0.212 e. The Morgan fingerprint density at radius 3 is 3.12 bits per heavy atom. The average Bonchev–Trinajstić information content (AvgIpc) is 3.02. The monoisotopic (exact) mass is 325 g/mol. The summed E-state index contributed by atoms with van der Waals surface area (Å²) in [7, 11) is 1.62. The Hall–Kier alpha value is -2.51. The first kappa shape index (κ1) is 15.0. The summed E-state index contributed by atoms with van der Waals surface area (Å²) in [5.41, 5.74) is 2.96. The lowest BCUT2D eigenvalue weighted by Crippen LogP contribution is -2.32. The second-order valence-electron chi connectivity index (χ2n) is 5.75. The molecule has 4 rings (SSSR count). The summed E-state index contributed by atoms with van der Waals surface area (Å²) < 4.78 is 13.0. The van der Waals surface area contributed by atoms with Crippen LogP contribution in [0.25, 0.3) is 11.2 Å². The summed E-state index contributed by atoms with van der Waals surface area (Å²) in [4.78, 5) is 13.3. The molecule has 124 valence electrons. The van der Waals surface area contributed by atoms with Crippen LogP contribution in [0.4, 0.5) is 0 Å². The van der Waals surface area contributed by atoms with Gasteiger partial charge in [-0.1, -0.05) is 6.07 Å². The zero-order valence-electron chi connectivity index (χ0n) is 13.5. The second kappa shape index (κ2) is 6.54. The number of hydrogen-bond acceptors (Lipinski definition) is 6. The summed E-state index contributed by atoms with van der Waals surface area (Å²) in [6.07, 6.45) is 3.63. The number of methoxy groups -OCH3 is 1. The van der Waals surface area contributed by atoms with Gasteiger partial charge >= 0.3 is 0 Å². The third-order valence-electron chi connectivity index (χ3n) is 4.14. The van der Waals surface area contributed by atoms with Crippen LogP contribution >= 0.6 is 0 Å². The Morgan fingerprint density at radius 2 is 2.29 bits per heavy atom. The highest BCUT2D eigenvalue weighted by Crippen LogP contribution is 2.24. The molecule has 0 fully saturated rings. The van der Waals surface area contributed by atoms with Crippen molar-refractivity contribution < 1.29 is 9.47 Å². The Balaban J connectivity index is 1.46. The third-order valence-corrected chi connectivity index (χ3v) is 4.14. The van der Waals surface area contributed by atoms with Gasteiger partial charge in [0.25, 0.3) is 0 Å². The minimum absolute atomic E-state index is 0.180. The molecule has 1 aliphatic rings. The van der Waals surface area contributed by atoms with Gasteiger partial charge in [0.05, 0.1) is 19.8 Å². The summed E-state index contributed by atoms with van der Waals surface area (Å²) in [5.74, 6) is 1.56. The number of aromatic nitrogens is 4. The number of pyridine rings is 2. The fourth-order valence-corrected chi connectivity index (χ4v) is 2.99. The number of nitrogens with one attached hydrogen (secondary N) is 1. The van der Waals surface area contributed by atoms with Gasteiger partial charge < -0.3 is 19.4 Å². The molecule has 3 aromatic rings. The van der Waals surface area contributed by atoms with Gasteiger partial charge in [0.1, 0.15) is 17.9 Å². The normalized spacial score (nSPS) is 17.0. The van der Waals surface area contributed by atoms with E-state index in [1.54, 1.807) is 13.3 Å². The van der Waals surface area contributed by atoms with Crippen molar-refractivity contribution in [3.8, 4) is 5.88 Å². The van der Waals surface area contributed by atoms with Gasteiger partial charge in [-0.15, -0.1) is 0 Å². The third kappa shape index (κ3) is 2.83. The molecule has 7 nitrogen and oxygen atoms in total. The molecule has 1 N–H and O–H groups in total. The first-order valence-electron chi connectivity index (χ1n) is 7.94. The van der Waals surface area contributed by atoms with Crippen LogP contribution in [-0.2, 0) is 17.9 Å². The van der Waals surface area contributed by atoms with Crippen LogP contribution < -0.4 is 10.1 Å². The number of hydrogen-bond donors (Lipinski definition) is 1. The van der Waals surface area contributed by atoms with Gasteiger partial charge in [-0.05, 0) is 17.7 Å². The lowest BCUT2D eigenvalue weighted by atomic mass is 10.2. The summed E-state index contributed by atoms with van der Waals surface area (Å²) >= 11 is 0. The van der Waals surface area contributed by atoms with Gasteiger partial charge in [0.2, 0.25) is 5.88 Å². The molecule has 0 bridgehead atoms. The van der Waals surface area contributed by atoms with Crippen LogP contribution in [0.3, 0.4) is 0 Å². The van der Waals surface area contributed by atoms with E-state index < -0.39 is 0 Å². The molecule has 7 heteroatoms. The predicted molar refractivity (Wildman–Crippen MR) is 88.7 cm³/mol. The van der Waals surface area contributed by atoms with E-state index in [9.17, 15) is 0 Å². The molecular formula is C17H19N5O2. The molecule has 0 aromatic carbocycles. The van der Waals surface area contributed by atoms with Crippen molar-refractivity contribution in [2.75, 3.05) is 20.3 Å². The Kier molecular flexibility index (Phi) is 4.10. The fraction of sp³-hybridized carbons (Fsp3) is 0.353. The molecule has 4 heterocycles. The highest BCUT2D eigenvalue weighted by atomic mass is 16.5. The second-order valence-corrected chi connectivity index (χ2v) is 5.75. The summed E-state index contributed by atoms with van der Waals surface area (Å²) in [6, 6.07) is 7.95. The Bertz CT molecular complexity index is 831. The maximum atomic E-state index is 5.69. The first-order chi connectivity index (χ1) is 11.8. The van der Waals surface area contributed by atoms with E-state index in [1.165, 1.54) is 0 Å². The largest absolute Gasteiger partial charge is 0.481 e. The van der Waals surface area contributed by atoms with E-state index >= 15 is 0 Å². The molecule has 3 aromatic heterocycles. The predicted octanol–water partition coefficient (Wildman–Crippen LogP) is 1.70. The van der Waals surface area contributed by atoms with Crippen LogP contribution in [0, 0.1) is 0 Å². The van der Waals surface area contributed by atoms with Crippen LogP contribution in [0.2, 0.25) is 0 Å². The first-order valence-corrected chi connectivity index (χ1v) is 7.94. The highest BCUT2D eigenvalue weighted by Gasteiger charge is 2.24. The number of ether oxygens (including phenoxy) is 2. The number of imidazole rings is 1. The van der Waals surface area contributed by atoms with Gasteiger partial charge in [0.15, 0.2) is 5.65 Å². The molecule has 0 aliphatic carbocycles. The smallest absolute Gasteiger partial charge is 0.212 e. The zero-order chi connectivity index (χ0) is 16.4. The van der Waals surface area contributed by atoms with Crippen LogP contribution in [0.15, 0.2) is 36.7 Å². The summed E-state index contributed by atoms with van der Waals surface area (Å²) in [5, 5.41) is 3.47. The minimum atomic E-state index is 0.180. The van der Waals surface area contributed by atoms with Gasteiger partial charge in [-0.3, -0.25) is 0 Å². The standard InChI is InChI=1S/C17H19N5O2/c1-23-16-5-4-12(8-20-16)7-18-9-13-10-24-11-15-21-14-3-2-6-19-17(14)22(13)15/h2-6,8,13,18H,7,9-11H2,1H3. The van der Waals surface area contributed by atoms with E-state index in [2.05, 4.69) is 24.8 Å². The van der Waals surface area contributed by atoms with Crippen molar-refractivity contribution in [3.63, 3.8) is 0 Å². The van der Waals surface area contributed by atoms with E-state index in [-0.39, 0.29) is 6.04 Å². The van der Waals surface area contributed by atoms with E-state index in [4.69, 9.17) is 9.47 Å². The number of fused-ring (bicyclic) bond motifs is 3. The van der Waals surface area contributed by atoms with Crippen LogP contribution in [-0.4, -0.2) is 39.8 Å². The van der Waals surface area contributed by atoms with Crippen molar-refractivity contribution in [1.82, 2.24) is 24.8 Å². The van der Waals surface area contributed by atoms with Crippen molar-refractivity contribution in [1.29, 1.82) is 0 Å². The summed E-state index contributed by atoms with van der Waals surface area (Å²) in [6.45, 7) is 2.71. The van der Waals surface area contributed by atoms with Gasteiger partial charge in [0, 0.05) is 31.5 Å². The van der Waals surface area contributed by atoms with E-state index in [0.717, 1.165) is 35.6 Å². The molecule has 24 heavy (non-hydrogen) atoms. The number of nitrogens with zero attached hydrogens (tertiary/aromatic N) is 4. The van der Waals surface area contributed by atoms with E-state index in [1.807, 2.05) is 30.5 Å². The SMILES string of the molecule is COc1ccc(CNCC2COCc3nc4cccnc4n32)cn1. The molecule has 0 radical (unpaired) electrons. The quantitative estimate of drug-likeness (QED) is 0.769. The van der Waals surface area contributed by atoms with Crippen molar-refractivity contribution >= 4 is 11.2 Å². The van der Waals surface area contributed by atoms with Crippen molar-refractivity contribution in [2.24, 2.45) is 0 Å². The maximum absolute atomic E-state index is 5.69. The Morgan fingerprint density at radius 1 is 1.33 bits per heavy atom. The topological polar surface area (TPSA) is 74.1 Å². The highest BCUT2D eigenvalue weighted by molar-refractivity contribution is 5.71. The van der Waals surface area contributed by atoms with Crippen LogP contribution in [0.5, 0.6) is 5.88 Å². The molecule has 0 saturated heterocycles. The van der Waals surface area contributed by atoms with Gasteiger partial charge in [-0.25, -0.2) is 15.0 Å². The number of rotatable bonds is 5. The molecule has 0 amide bonds. The molecule has 0 saturated carbocycles. The minimum Gasteiger partial charge on any atom is -0.481 e. The van der Waals surface area contributed by atoms with Crippen LogP contribution in [0.1, 0.15) is 17.4 Å². The lowest BCUT2D eigenvalue weighted by Gasteiger charge is -2.26.